The smallest absolute Gasteiger partial charge is 0.115 e. The van der Waals surface area contributed by atoms with Crippen molar-refractivity contribution in [1.82, 2.24) is 4.90 Å². The summed E-state index contributed by atoms with van der Waals surface area (Å²) in [7, 11) is 0. The van der Waals surface area contributed by atoms with Gasteiger partial charge >= 0.3 is 0 Å². The van der Waals surface area contributed by atoms with Crippen LogP contribution in [0.1, 0.15) is 47.0 Å². The summed E-state index contributed by atoms with van der Waals surface area (Å²) in [6, 6.07) is 0. The monoisotopic (exact) mass is 229 g/mol. The number of hydrogen-bond donors (Lipinski definition) is 0. The number of hydrogen-bond acceptors (Lipinski definition) is 2. The van der Waals surface area contributed by atoms with Crippen LogP contribution in [0.15, 0.2) is 0 Å². The predicted molar refractivity (Wildman–Crippen MR) is 63.4 cm³/mol. The normalized spacial score (nSPS) is 37.7. The van der Waals surface area contributed by atoms with Crippen molar-refractivity contribution in [3.8, 4) is 0 Å². The second kappa shape index (κ2) is 3.95. The highest BCUT2D eigenvalue weighted by Crippen LogP contribution is 2.44. The summed E-state index contributed by atoms with van der Waals surface area (Å²) in [5.74, 6) is 0. The molecule has 2 aliphatic heterocycles. The van der Waals surface area contributed by atoms with Gasteiger partial charge in [0.1, 0.15) is 6.17 Å². The quantitative estimate of drug-likeness (QED) is 0.722. The second-order valence-electron chi connectivity index (χ2n) is 6.33. The third-order valence-corrected chi connectivity index (χ3v) is 3.95. The molecule has 0 radical (unpaired) electrons. The Morgan fingerprint density at radius 2 is 2.12 bits per heavy atom. The molecular weight excluding hydrogens is 205 g/mol. The highest BCUT2D eigenvalue weighted by Gasteiger charge is 2.52. The van der Waals surface area contributed by atoms with E-state index in [1.807, 2.05) is 0 Å². The average molecular weight is 229 g/mol. The van der Waals surface area contributed by atoms with Crippen LogP contribution >= 0.6 is 0 Å². The molecule has 3 heteroatoms. The van der Waals surface area contributed by atoms with Crippen molar-refractivity contribution in [2.24, 2.45) is 0 Å². The first kappa shape index (κ1) is 12.3. The number of halogens is 1. The Kier molecular flexibility index (Phi) is 3.04. The highest BCUT2D eigenvalue weighted by molar-refractivity contribution is 5.07. The Labute approximate surface area is 98.1 Å². The Balaban J connectivity index is 2.11. The van der Waals surface area contributed by atoms with Crippen LogP contribution in [0.4, 0.5) is 4.39 Å². The van der Waals surface area contributed by atoms with Crippen molar-refractivity contribution in [2.75, 3.05) is 13.1 Å². The Bertz CT molecular complexity index is 263. The maximum Gasteiger partial charge on any atom is 0.115 e. The minimum atomic E-state index is -0.661. The van der Waals surface area contributed by atoms with E-state index in [0.717, 1.165) is 13.0 Å². The van der Waals surface area contributed by atoms with Crippen molar-refractivity contribution >= 4 is 0 Å². The Morgan fingerprint density at radius 3 is 2.75 bits per heavy atom. The van der Waals surface area contributed by atoms with E-state index in [9.17, 15) is 4.39 Å². The second-order valence-corrected chi connectivity index (χ2v) is 6.33. The third-order valence-electron chi connectivity index (χ3n) is 3.95. The fourth-order valence-corrected chi connectivity index (χ4v) is 3.41. The van der Waals surface area contributed by atoms with Gasteiger partial charge in [-0.1, -0.05) is 0 Å². The number of alkyl halides is 1. The van der Waals surface area contributed by atoms with Gasteiger partial charge in [0.25, 0.3) is 0 Å². The molecule has 0 spiro atoms. The van der Waals surface area contributed by atoms with Gasteiger partial charge in [0.15, 0.2) is 0 Å². The molecule has 0 aromatic rings. The molecule has 2 saturated heterocycles. The molecule has 0 aliphatic carbocycles. The fraction of sp³-hybridized carbons (Fsp3) is 1.00. The zero-order valence-corrected chi connectivity index (χ0v) is 10.9. The van der Waals surface area contributed by atoms with E-state index in [-0.39, 0.29) is 17.2 Å². The van der Waals surface area contributed by atoms with E-state index in [4.69, 9.17) is 4.74 Å². The van der Waals surface area contributed by atoms with Crippen LogP contribution in [-0.4, -0.2) is 41.4 Å². The molecule has 2 rings (SSSR count). The lowest BCUT2D eigenvalue weighted by atomic mass is 9.87. The number of fused-ring (bicyclic) bond motifs is 1. The van der Waals surface area contributed by atoms with Crippen molar-refractivity contribution in [3.63, 3.8) is 0 Å². The first-order chi connectivity index (χ1) is 7.33. The number of nitrogens with zero attached hydrogens (tertiary/aromatic N) is 1. The van der Waals surface area contributed by atoms with Gasteiger partial charge in [-0.3, -0.25) is 4.90 Å². The molecule has 2 fully saturated rings. The van der Waals surface area contributed by atoms with Gasteiger partial charge in [-0.15, -0.1) is 0 Å². The van der Waals surface area contributed by atoms with Gasteiger partial charge in [0, 0.05) is 18.5 Å². The zero-order chi connectivity index (χ0) is 12.0. The molecule has 0 aromatic carbocycles. The summed E-state index contributed by atoms with van der Waals surface area (Å²) in [4.78, 5) is 2.31. The number of ether oxygens (including phenoxy) is 1. The largest absolute Gasteiger partial charge is 0.371 e. The molecule has 16 heavy (non-hydrogen) atoms. The maximum atomic E-state index is 13.6. The van der Waals surface area contributed by atoms with Crippen LogP contribution < -0.4 is 0 Å². The molecule has 0 amide bonds. The van der Waals surface area contributed by atoms with Crippen LogP contribution in [0.3, 0.4) is 0 Å². The molecule has 94 valence electrons. The number of rotatable bonds is 2. The molecule has 3 atom stereocenters. The fourth-order valence-electron chi connectivity index (χ4n) is 3.41. The predicted octanol–water partition coefficient (Wildman–Crippen LogP) is 2.77. The summed E-state index contributed by atoms with van der Waals surface area (Å²) in [6.07, 6.45) is 2.39. The molecule has 2 heterocycles. The summed E-state index contributed by atoms with van der Waals surface area (Å²) >= 11 is 0. The van der Waals surface area contributed by atoms with Gasteiger partial charge in [-0.2, -0.15) is 0 Å². The highest BCUT2D eigenvalue weighted by atomic mass is 19.1. The summed E-state index contributed by atoms with van der Waals surface area (Å²) in [6.45, 7) is 9.97. The molecule has 2 nitrogen and oxygen atoms in total. The van der Waals surface area contributed by atoms with Crippen LogP contribution in [0.2, 0.25) is 0 Å². The molecule has 0 unspecified atom stereocenters. The van der Waals surface area contributed by atoms with Crippen LogP contribution in [-0.2, 0) is 4.74 Å². The van der Waals surface area contributed by atoms with Gasteiger partial charge in [-0.05, 0) is 47.1 Å². The summed E-state index contributed by atoms with van der Waals surface area (Å²) in [5.41, 5.74) is -0.163. The third kappa shape index (κ3) is 2.12. The van der Waals surface area contributed by atoms with Gasteiger partial charge in [0.2, 0.25) is 0 Å². The molecule has 0 aromatic heterocycles. The molecule has 0 bridgehead atoms. The topological polar surface area (TPSA) is 12.5 Å². The standard InChI is InChI=1S/C13H24FNO/c1-10(16-12(2,3)4)13-6-5-7-15(13)9-11(14)8-13/h10-11H,5-9H2,1-4H3/t10-,11-,13-/m0/s1. The van der Waals surface area contributed by atoms with E-state index >= 15 is 0 Å². The van der Waals surface area contributed by atoms with Gasteiger partial charge < -0.3 is 4.74 Å². The minimum Gasteiger partial charge on any atom is -0.371 e. The van der Waals surface area contributed by atoms with Crippen molar-refractivity contribution < 1.29 is 9.13 Å². The Hall–Kier alpha value is -0.150. The lowest BCUT2D eigenvalue weighted by molar-refractivity contribution is -0.107. The SMILES string of the molecule is C[C@H](OC(C)(C)C)[C@@]12CCCN1C[C@@H](F)C2. The van der Waals surface area contributed by atoms with E-state index in [2.05, 4.69) is 32.6 Å². The van der Waals surface area contributed by atoms with E-state index < -0.39 is 6.17 Å². The maximum absolute atomic E-state index is 13.6. The Morgan fingerprint density at radius 1 is 1.44 bits per heavy atom. The first-order valence-electron chi connectivity index (χ1n) is 6.40. The average Bonchev–Trinajstić information content (AvgIpc) is 2.56. The van der Waals surface area contributed by atoms with E-state index in [0.29, 0.717) is 13.0 Å². The lowest BCUT2D eigenvalue weighted by Gasteiger charge is -2.40. The molecule has 0 N–H and O–H groups in total. The molecule has 2 aliphatic rings. The molecule has 0 saturated carbocycles. The van der Waals surface area contributed by atoms with Gasteiger partial charge in [0.05, 0.1) is 11.7 Å². The zero-order valence-electron chi connectivity index (χ0n) is 10.9. The summed E-state index contributed by atoms with van der Waals surface area (Å²) in [5, 5.41) is 0. The van der Waals surface area contributed by atoms with Crippen molar-refractivity contribution in [1.29, 1.82) is 0 Å². The van der Waals surface area contributed by atoms with E-state index in [1.54, 1.807) is 0 Å². The first-order valence-corrected chi connectivity index (χ1v) is 6.40. The van der Waals surface area contributed by atoms with E-state index in [1.165, 1.54) is 6.42 Å². The van der Waals surface area contributed by atoms with Crippen molar-refractivity contribution in [2.45, 2.75) is 70.4 Å². The molecular formula is C13H24FNO. The van der Waals surface area contributed by atoms with Crippen LogP contribution in [0.25, 0.3) is 0 Å². The van der Waals surface area contributed by atoms with Gasteiger partial charge in [-0.25, -0.2) is 4.39 Å². The van der Waals surface area contributed by atoms with Crippen molar-refractivity contribution in [3.05, 3.63) is 0 Å². The lowest BCUT2D eigenvalue weighted by Crippen LogP contribution is -2.50. The minimum absolute atomic E-state index is 0.0211. The summed E-state index contributed by atoms with van der Waals surface area (Å²) < 4.78 is 19.7. The van der Waals surface area contributed by atoms with Crippen LogP contribution in [0.5, 0.6) is 0 Å². The van der Waals surface area contributed by atoms with Crippen LogP contribution in [0, 0.1) is 0 Å².